The number of halogens is 3. The molecule has 1 unspecified atom stereocenters. The highest BCUT2D eigenvalue weighted by molar-refractivity contribution is 7.12. The molecule has 1 aromatic heterocycles. The first-order valence-electron chi connectivity index (χ1n) is 7.85. The molecule has 0 spiro atoms. The molecule has 25 heavy (non-hydrogen) atoms. The first-order chi connectivity index (χ1) is 11.6. The lowest BCUT2D eigenvalue weighted by Crippen LogP contribution is -2.53. The summed E-state index contributed by atoms with van der Waals surface area (Å²) in [5.41, 5.74) is 1.09. The quantitative estimate of drug-likeness (QED) is 0.743. The Bertz CT molecular complexity index is 790. The van der Waals surface area contributed by atoms with Gasteiger partial charge in [-0.1, -0.05) is 4.49 Å². The Morgan fingerprint density at radius 3 is 2.72 bits per heavy atom. The van der Waals surface area contributed by atoms with Crippen LogP contribution in [0.25, 0.3) is 10.2 Å². The molecule has 3 rings (SSSR count). The molecule has 1 saturated heterocycles. The predicted molar refractivity (Wildman–Crippen MR) is 92.2 cm³/mol. The number of hydrogen-bond acceptors (Lipinski definition) is 5. The lowest BCUT2D eigenvalue weighted by molar-refractivity contribution is -0.202. The SMILES string of the molecule is C[Si](C)(C)OC([C@H]1CCC(=O)N1c1ccc2nnsc2c1)C(F)(F)F. The van der Waals surface area contributed by atoms with Crippen LogP contribution in [-0.2, 0) is 9.22 Å². The highest BCUT2D eigenvalue weighted by atomic mass is 32.1. The molecule has 1 amide bonds. The van der Waals surface area contributed by atoms with Crippen molar-refractivity contribution in [2.45, 2.75) is 50.8 Å². The molecule has 0 radical (unpaired) electrons. The van der Waals surface area contributed by atoms with E-state index in [1.165, 1.54) is 4.90 Å². The molecule has 0 aliphatic carbocycles. The monoisotopic (exact) mass is 389 g/mol. The Balaban J connectivity index is 1.99. The van der Waals surface area contributed by atoms with E-state index >= 15 is 0 Å². The molecule has 0 N–H and O–H groups in total. The highest BCUT2D eigenvalue weighted by Crippen LogP contribution is 2.38. The van der Waals surface area contributed by atoms with Crippen molar-refractivity contribution >= 4 is 41.7 Å². The van der Waals surface area contributed by atoms with Gasteiger partial charge in [0.15, 0.2) is 14.4 Å². The van der Waals surface area contributed by atoms with Gasteiger partial charge in [-0.15, -0.1) is 5.10 Å². The Morgan fingerprint density at radius 1 is 1.36 bits per heavy atom. The molecule has 5 nitrogen and oxygen atoms in total. The van der Waals surface area contributed by atoms with Crippen molar-refractivity contribution in [3.63, 3.8) is 0 Å². The van der Waals surface area contributed by atoms with E-state index in [9.17, 15) is 18.0 Å². The highest BCUT2D eigenvalue weighted by Gasteiger charge is 2.52. The van der Waals surface area contributed by atoms with Gasteiger partial charge in [0.2, 0.25) is 5.91 Å². The van der Waals surface area contributed by atoms with Crippen LogP contribution >= 0.6 is 11.5 Å². The van der Waals surface area contributed by atoms with E-state index in [0.29, 0.717) is 11.2 Å². The van der Waals surface area contributed by atoms with Gasteiger partial charge in [-0.05, 0) is 55.8 Å². The molecule has 136 valence electrons. The summed E-state index contributed by atoms with van der Waals surface area (Å²) in [6.07, 6.45) is -6.33. The van der Waals surface area contributed by atoms with Crippen LogP contribution in [-0.4, -0.2) is 42.1 Å². The van der Waals surface area contributed by atoms with Gasteiger partial charge in [-0.2, -0.15) is 13.2 Å². The Kier molecular flexibility index (Phi) is 4.63. The van der Waals surface area contributed by atoms with Crippen LogP contribution in [0.15, 0.2) is 18.2 Å². The number of nitrogens with zero attached hydrogens (tertiary/aromatic N) is 3. The summed E-state index contributed by atoms with van der Waals surface area (Å²) in [6.45, 7) is 5.13. The van der Waals surface area contributed by atoms with Crippen molar-refractivity contribution in [2.75, 3.05) is 4.90 Å². The number of amides is 1. The minimum Gasteiger partial charge on any atom is -0.404 e. The Morgan fingerprint density at radius 2 is 2.08 bits per heavy atom. The number of rotatable bonds is 4. The summed E-state index contributed by atoms with van der Waals surface area (Å²) in [5.74, 6) is -0.324. The van der Waals surface area contributed by atoms with Gasteiger partial charge in [0.25, 0.3) is 0 Å². The lowest BCUT2D eigenvalue weighted by atomic mass is 10.1. The van der Waals surface area contributed by atoms with Crippen LogP contribution < -0.4 is 4.90 Å². The first kappa shape index (κ1) is 18.3. The molecule has 1 aliphatic heterocycles. The van der Waals surface area contributed by atoms with Gasteiger partial charge in [-0.25, -0.2) is 0 Å². The molecule has 1 fully saturated rings. The lowest BCUT2D eigenvalue weighted by Gasteiger charge is -2.36. The Labute approximate surface area is 148 Å². The van der Waals surface area contributed by atoms with E-state index in [0.717, 1.165) is 16.2 Å². The van der Waals surface area contributed by atoms with Crippen molar-refractivity contribution in [1.29, 1.82) is 0 Å². The number of benzene rings is 1. The van der Waals surface area contributed by atoms with Gasteiger partial charge in [0.05, 0.1) is 10.7 Å². The molecular formula is C15H18F3N3O2SSi. The molecule has 1 aliphatic rings. The fourth-order valence-corrected chi connectivity index (χ4v) is 4.63. The molecule has 2 heterocycles. The van der Waals surface area contributed by atoms with Gasteiger partial charge < -0.3 is 9.33 Å². The molecule has 1 aromatic carbocycles. The molecule has 2 aromatic rings. The van der Waals surface area contributed by atoms with Crippen LogP contribution in [0.2, 0.25) is 19.6 Å². The van der Waals surface area contributed by atoms with Gasteiger partial charge in [-0.3, -0.25) is 4.79 Å². The third kappa shape index (κ3) is 3.85. The number of hydrogen-bond donors (Lipinski definition) is 0. The van der Waals surface area contributed by atoms with Crippen molar-refractivity contribution in [3.8, 4) is 0 Å². The van der Waals surface area contributed by atoms with Gasteiger partial charge in [0.1, 0.15) is 5.52 Å². The third-order valence-corrected chi connectivity index (χ3v) is 5.56. The van der Waals surface area contributed by atoms with E-state index in [-0.39, 0.29) is 18.7 Å². The number of anilines is 1. The zero-order valence-electron chi connectivity index (χ0n) is 14.0. The average Bonchev–Trinajstić information content (AvgIpc) is 3.08. The van der Waals surface area contributed by atoms with E-state index in [2.05, 4.69) is 9.59 Å². The second kappa shape index (κ2) is 6.33. The smallest absolute Gasteiger partial charge is 0.404 e. The van der Waals surface area contributed by atoms with Crippen molar-refractivity contribution in [3.05, 3.63) is 18.2 Å². The number of alkyl halides is 3. The summed E-state index contributed by atoms with van der Waals surface area (Å²) in [5, 5.41) is 3.91. The zero-order valence-corrected chi connectivity index (χ0v) is 15.8. The number of aromatic nitrogens is 2. The summed E-state index contributed by atoms with van der Waals surface area (Å²) in [6, 6.07) is 3.89. The number of fused-ring (bicyclic) bond motifs is 1. The largest absolute Gasteiger partial charge is 0.415 e. The second-order valence-electron chi connectivity index (χ2n) is 6.99. The normalized spacial score (nSPS) is 20.5. The fourth-order valence-electron chi connectivity index (χ4n) is 2.99. The van der Waals surface area contributed by atoms with E-state index in [1.54, 1.807) is 37.8 Å². The third-order valence-electron chi connectivity index (χ3n) is 3.92. The summed E-state index contributed by atoms with van der Waals surface area (Å²) in [4.78, 5) is 13.6. The standard InChI is InChI=1S/C15H18F3N3O2SSi/c1-25(2,3)23-14(15(16,17)18)11-6-7-13(22)21(11)9-4-5-10-12(8-9)24-20-19-10/h4-5,8,11,14H,6-7H2,1-3H3/t11-,14?/m1/s1. The Hall–Kier alpha value is -1.52. The van der Waals surface area contributed by atoms with Crippen LogP contribution in [0.5, 0.6) is 0 Å². The number of carbonyl (C=O) groups is 1. The topological polar surface area (TPSA) is 55.3 Å². The zero-order chi connectivity index (χ0) is 18.4. The number of carbonyl (C=O) groups excluding carboxylic acids is 1. The average molecular weight is 389 g/mol. The van der Waals surface area contributed by atoms with Gasteiger partial charge in [0, 0.05) is 12.1 Å². The summed E-state index contributed by atoms with van der Waals surface area (Å²) >= 11 is 1.14. The van der Waals surface area contributed by atoms with E-state index in [1.807, 2.05) is 0 Å². The fraction of sp³-hybridized carbons (Fsp3) is 0.533. The minimum absolute atomic E-state index is 0.0747. The predicted octanol–water partition coefficient (Wildman–Crippen LogP) is 3.97. The maximum absolute atomic E-state index is 13.7. The van der Waals surface area contributed by atoms with Crippen LogP contribution in [0, 0.1) is 0 Å². The minimum atomic E-state index is -4.54. The van der Waals surface area contributed by atoms with Gasteiger partial charge >= 0.3 is 6.18 Å². The summed E-state index contributed by atoms with van der Waals surface area (Å²) < 4.78 is 51.0. The molecule has 2 atom stereocenters. The second-order valence-corrected chi connectivity index (χ2v) is 12.2. The van der Waals surface area contributed by atoms with E-state index < -0.39 is 26.6 Å². The molecule has 0 saturated carbocycles. The van der Waals surface area contributed by atoms with Crippen molar-refractivity contribution in [2.24, 2.45) is 0 Å². The van der Waals surface area contributed by atoms with Crippen LogP contribution in [0.4, 0.5) is 18.9 Å². The van der Waals surface area contributed by atoms with Crippen LogP contribution in [0.3, 0.4) is 0 Å². The maximum atomic E-state index is 13.7. The summed E-state index contributed by atoms with van der Waals surface area (Å²) in [7, 11) is -2.46. The van der Waals surface area contributed by atoms with Crippen molar-refractivity contribution < 1.29 is 22.4 Å². The maximum Gasteiger partial charge on any atom is 0.415 e. The van der Waals surface area contributed by atoms with Crippen LogP contribution in [0.1, 0.15) is 12.8 Å². The first-order valence-corrected chi connectivity index (χ1v) is 12.0. The van der Waals surface area contributed by atoms with Crippen molar-refractivity contribution in [1.82, 2.24) is 9.59 Å². The molecular weight excluding hydrogens is 371 g/mol. The molecule has 10 heteroatoms. The van der Waals surface area contributed by atoms with E-state index in [4.69, 9.17) is 4.43 Å². The molecule has 0 bridgehead atoms.